The smallest absolute Gasteiger partial charge is 0.293 e. The molecule has 0 unspecified atom stereocenters. The maximum absolute atomic E-state index is 11.4. The molecule has 0 spiro atoms. The van der Waals surface area contributed by atoms with Crippen LogP contribution in [-0.4, -0.2) is 12.6 Å². The topological polar surface area (TPSA) is 35.5 Å². The molecule has 0 saturated carbocycles. The summed E-state index contributed by atoms with van der Waals surface area (Å²) in [6.45, 7) is 6.01. The first kappa shape index (κ1) is 12.7. The summed E-state index contributed by atoms with van der Waals surface area (Å²) in [6.07, 6.45) is 2.69. The molecule has 87 valence electrons. The molecule has 1 aromatic rings. The number of hydrogen-bond acceptors (Lipinski definition) is 3. The third-order valence-corrected chi connectivity index (χ3v) is 2.09. The van der Waals surface area contributed by atoms with Gasteiger partial charge in [-0.25, -0.2) is 4.79 Å². The summed E-state index contributed by atoms with van der Waals surface area (Å²) in [5.41, 5.74) is 1.72. The third-order valence-electron chi connectivity index (χ3n) is 2.09. The van der Waals surface area contributed by atoms with E-state index in [9.17, 15) is 4.79 Å². The number of rotatable bonds is 6. The van der Waals surface area contributed by atoms with Crippen LogP contribution >= 0.6 is 0 Å². The molecule has 0 amide bonds. The Morgan fingerprint density at radius 1 is 1.31 bits per heavy atom. The highest BCUT2D eigenvalue weighted by molar-refractivity contribution is 5.88. The van der Waals surface area contributed by atoms with E-state index in [1.165, 1.54) is 5.56 Å². The zero-order chi connectivity index (χ0) is 11.8. The van der Waals surface area contributed by atoms with Crippen molar-refractivity contribution in [1.29, 1.82) is 0 Å². The molecule has 0 saturated heterocycles. The lowest BCUT2D eigenvalue weighted by Gasteiger charge is -2.03. The Labute approximate surface area is 96.3 Å². The monoisotopic (exact) mass is 221 g/mol. The van der Waals surface area contributed by atoms with E-state index in [2.05, 4.69) is 23.6 Å². The average Bonchev–Trinajstić information content (AvgIpc) is 2.30. The Kier molecular flexibility index (Phi) is 5.57. The SMILES string of the molecule is [CH2]CCOOC(=O)c1ccc(CCC)cc1. The first-order chi connectivity index (χ1) is 7.77. The van der Waals surface area contributed by atoms with Crippen LogP contribution in [0.2, 0.25) is 0 Å². The molecule has 1 radical (unpaired) electrons. The van der Waals surface area contributed by atoms with Gasteiger partial charge in [-0.1, -0.05) is 32.4 Å². The summed E-state index contributed by atoms with van der Waals surface area (Å²) < 4.78 is 0. The Hall–Kier alpha value is -1.35. The minimum atomic E-state index is -0.462. The molecular formula is C13H17O3. The number of aryl methyl sites for hydroxylation is 1. The maximum atomic E-state index is 11.4. The fourth-order valence-corrected chi connectivity index (χ4v) is 1.30. The molecular weight excluding hydrogens is 204 g/mol. The van der Waals surface area contributed by atoms with E-state index in [-0.39, 0.29) is 0 Å². The van der Waals surface area contributed by atoms with Gasteiger partial charge >= 0.3 is 5.97 Å². The highest BCUT2D eigenvalue weighted by Gasteiger charge is 2.07. The van der Waals surface area contributed by atoms with Gasteiger partial charge in [-0.2, -0.15) is 4.89 Å². The van der Waals surface area contributed by atoms with Crippen molar-refractivity contribution in [1.82, 2.24) is 0 Å². The second-order valence-electron chi connectivity index (χ2n) is 3.49. The molecule has 0 aliphatic carbocycles. The van der Waals surface area contributed by atoms with Gasteiger partial charge in [0.2, 0.25) is 0 Å². The lowest BCUT2D eigenvalue weighted by molar-refractivity contribution is -0.239. The van der Waals surface area contributed by atoms with Gasteiger partial charge in [-0.05, 0) is 30.5 Å². The number of carbonyl (C=O) groups excluding carboxylic acids is 1. The summed E-state index contributed by atoms with van der Waals surface area (Å²) >= 11 is 0. The molecule has 0 atom stereocenters. The van der Waals surface area contributed by atoms with Crippen molar-refractivity contribution in [3.63, 3.8) is 0 Å². The van der Waals surface area contributed by atoms with Crippen LogP contribution in [-0.2, 0) is 16.2 Å². The quantitative estimate of drug-likeness (QED) is 0.421. The van der Waals surface area contributed by atoms with E-state index in [1.54, 1.807) is 12.1 Å². The van der Waals surface area contributed by atoms with E-state index < -0.39 is 5.97 Å². The standard InChI is InChI=1S/C13H17O3/c1-3-5-11-6-8-12(9-7-11)13(14)16-15-10-4-2/h6-9H,2-5,10H2,1H3. The van der Waals surface area contributed by atoms with E-state index in [0.717, 1.165) is 12.8 Å². The molecule has 3 heteroatoms. The van der Waals surface area contributed by atoms with Gasteiger partial charge in [-0.3, -0.25) is 4.89 Å². The highest BCUT2D eigenvalue weighted by Crippen LogP contribution is 2.08. The Morgan fingerprint density at radius 3 is 2.56 bits per heavy atom. The van der Waals surface area contributed by atoms with Crippen LogP contribution in [0, 0.1) is 6.92 Å². The molecule has 0 aromatic heterocycles. The lowest BCUT2D eigenvalue weighted by atomic mass is 10.1. The molecule has 16 heavy (non-hydrogen) atoms. The predicted octanol–water partition coefficient (Wildman–Crippen LogP) is 2.95. The summed E-state index contributed by atoms with van der Waals surface area (Å²) in [4.78, 5) is 20.7. The zero-order valence-corrected chi connectivity index (χ0v) is 9.57. The van der Waals surface area contributed by atoms with Gasteiger partial charge in [0.25, 0.3) is 0 Å². The highest BCUT2D eigenvalue weighted by atomic mass is 17.2. The number of hydrogen-bond donors (Lipinski definition) is 0. The van der Waals surface area contributed by atoms with Crippen molar-refractivity contribution >= 4 is 5.97 Å². The van der Waals surface area contributed by atoms with E-state index >= 15 is 0 Å². The van der Waals surface area contributed by atoms with Crippen molar-refractivity contribution in [2.75, 3.05) is 6.61 Å². The molecule has 0 aliphatic heterocycles. The average molecular weight is 221 g/mol. The second kappa shape index (κ2) is 7.01. The van der Waals surface area contributed by atoms with Gasteiger partial charge in [0.05, 0.1) is 12.2 Å². The van der Waals surface area contributed by atoms with E-state index in [1.807, 2.05) is 12.1 Å². The normalized spacial score (nSPS) is 10.1. The third kappa shape index (κ3) is 4.03. The summed E-state index contributed by atoms with van der Waals surface area (Å²) in [7, 11) is 0. The largest absolute Gasteiger partial charge is 0.373 e. The molecule has 3 nitrogen and oxygen atoms in total. The lowest BCUT2D eigenvalue weighted by Crippen LogP contribution is -2.06. The first-order valence-electron chi connectivity index (χ1n) is 5.50. The molecule has 0 N–H and O–H groups in total. The van der Waals surface area contributed by atoms with Crippen molar-refractivity contribution in [3.05, 3.63) is 42.3 Å². The van der Waals surface area contributed by atoms with Crippen LogP contribution in [0.1, 0.15) is 35.7 Å². The number of carbonyl (C=O) groups is 1. The number of benzene rings is 1. The molecule has 1 rings (SSSR count). The summed E-state index contributed by atoms with van der Waals surface area (Å²) in [5, 5.41) is 0. The van der Waals surface area contributed by atoms with E-state index in [0.29, 0.717) is 18.6 Å². The Bertz CT molecular complexity index is 316. The molecule has 0 aliphatic rings. The van der Waals surface area contributed by atoms with Crippen LogP contribution in [0.15, 0.2) is 24.3 Å². The van der Waals surface area contributed by atoms with Gasteiger partial charge in [0, 0.05) is 0 Å². The van der Waals surface area contributed by atoms with Crippen LogP contribution in [0.5, 0.6) is 0 Å². The van der Waals surface area contributed by atoms with Crippen molar-refractivity contribution in [2.45, 2.75) is 26.2 Å². The van der Waals surface area contributed by atoms with Crippen LogP contribution < -0.4 is 0 Å². The van der Waals surface area contributed by atoms with Gasteiger partial charge in [0.15, 0.2) is 0 Å². The fourth-order valence-electron chi connectivity index (χ4n) is 1.30. The predicted molar refractivity (Wildman–Crippen MR) is 61.8 cm³/mol. The molecule has 1 aromatic carbocycles. The Balaban J connectivity index is 2.49. The van der Waals surface area contributed by atoms with Crippen molar-refractivity contribution < 1.29 is 14.6 Å². The summed E-state index contributed by atoms with van der Waals surface area (Å²) in [5.74, 6) is -0.462. The fraction of sp³-hybridized carbons (Fsp3) is 0.385. The van der Waals surface area contributed by atoms with Gasteiger partial charge in [0.1, 0.15) is 0 Å². The van der Waals surface area contributed by atoms with Gasteiger partial charge in [-0.15, -0.1) is 0 Å². The Morgan fingerprint density at radius 2 is 2.00 bits per heavy atom. The van der Waals surface area contributed by atoms with Crippen LogP contribution in [0.4, 0.5) is 0 Å². The van der Waals surface area contributed by atoms with Crippen LogP contribution in [0.25, 0.3) is 0 Å². The zero-order valence-electron chi connectivity index (χ0n) is 9.57. The van der Waals surface area contributed by atoms with E-state index in [4.69, 9.17) is 0 Å². The first-order valence-corrected chi connectivity index (χ1v) is 5.50. The molecule has 0 heterocycles. The second-order valence-corrected chi connectivity index (χ2v) is 3.49. The molecule has 0 fully saturated rings. The van der Waals surface area contributed by atoms with Crippen LogP contribution in [0.3, 0.4) is 0 Å². The van der Waals surface area contributed by atoms with Crippen molar-refractivity contribution in [3.8, 4) is 0 Å². The van der Waals surface area contributed by atoms with Crippen molar-refractivity contribution in [2.24, 2.45) is 0 Å². The summed E-state index contributed by atoms with van der Waals surface area (Å²) in [6, 6.07) is 7.37. The minimum Gasteiger partial charge on any atom is -0.293 e. The van der Waals surface area contributed by atoms with Gasteiger partial charge < -0.3 is 0 Å². The molecule has 0 bridgehead atoms. The minimum absolute atomic E-state index is 0.319. The maximum Gasteiger partial charge on any atom is 0.373 e.